The van der Waals surface area contributed by atoms with Gasteiger partial charge < -0.3 is 10.6 Å². The average Bonchev–Trinajstić information content (AvgIpc) is 2.94. The zero-order valence-corrected chi connectivity index (χ0v) is 18.9. The van der Waals surface area contributed by atoms with E-state index in [0.29, 0.717) is 5.69 Å². The molecule has 31 heavy (non-hydrogen) atoms. The molecule has 0 radical (unpaired) electrons. The van der Waals surface area contributed by atoms with Crippen molar-refractivity contribution in [2.45, 2.75) is 20.8 Å². The zero-order chi connectivity index (χ0) is 22.5. The number of benzene rings is 2. The Morgan fingerprint density at radius 1 is 0.935 bits per heavy atom. The van der Waals surface area contributed by atoms with Crippen molar-refractivity contribution < 1.29 is 9.59 Å². The maximum absolute atomic E-state index is 12.8. The van der Waals surface area contributed by atoms with Gasteiger partial charge in [0.15, 0.2) is 0 Å². The van der Waals surface area contributed by atoms with Crippen molar-refractivity contribution in [3.05, 3.63) is 75.7 Å². The Hall–Kier alpha value is -3.26. The summed E-state index contributed by atoms with van der Waals surface area (Å²) in [6, 6.07) is 15.0. The molecule has 0 aliphatic rings. The molecule has 0 atom stereocenters. The molecular weight excluding hydrogens is 412 g/mol. The van der Waals surface area contributed by atoms with E-state index in [4.69, 9.17) is 0 Å². The molecule has 2 aromatic carbocycles. The Bertz CT molecular complexity index is 1170. The number of hydrogen-bond donors (Lipinski definition) is 2. The molecule has 0 fully saturated rings. The fraction of sp³-hybridized carbons (Fsp3) is 0.261. The SMILES string of the molecule is Cc1ccc(NC(=O)CSCC(=O)Nc2c(C)n(C)n(-c3ccccc3)c2=O)c(C)c1. The molecule has 0 saturated heterocycles. The van der Waals surface area contributed by atoms with Gasteiger partial charge in [-0.3, -0.25) is 19.1 Å². The highest BCUT2D eigenvalue weighted by molar-refractivity contribution is 8.00. The highest BCUT2D eigenvalue weighted by atomic mass is 32.2. The van der Waals surface area contributed by atoms with Crippen LogP contribution in [0.15, 0.2) is 53.3 Å². The molecule has 7 nitrogen and oxygen atoms in total. The van der Waals surface area contributed by atoms with Gasteiger partial charge in [-0.25, -0.2) is 4.68 Å². The van der Waals surface area contributed by atoms with Crippen molar-refractivity contribution in [3.8, 4) is 5.69 Å². The second-order valence-corrected chi connectivity index (χ2v) is 8.33. The molecule has 2 amide bonds. The van der Waals surface area contributed by atoms with E-state index in [-0.39, 0.29) is 34.6 Å². The quantitative estimate of drug-likeness (QED) is 0.592. The summed E-state index contributed by atoms with van der Waals surface area (Å²) in [6.07, 6.45) is 0. The number of rotatable bonds is 7. The molecule has 2 N–H and O–H groups in total. The predicted octanol–water partition coefficient (Wildman–Crippen LogP) is 3.41. The number of aromatic nitrogens is 2. The van der Waals surface area contributed by atoms with Crippen molar-refractivity contribution in [3.63, 3.8) is 0 Å². The number of amides is 2. The summed E-state index contributed by atoms with van der Waals surface area (Å²) in [6.45, 7) is 5.71. The van der Waals surface area contributed by atoms with Gasteiger partial charge in [-0.2, -0.15) is 0 Å². The van der Waals surface area contributed by atoms with Gasteiger partial charge in [0, 0.05) is 12.7 Å². The summed E-state index contributed by atoms with van der Waals surface area (Å²) in [5.74, 6) is -0.287. The first kappa shape index (κ1) is 22.4. The first-order chi connectivity index (χ1) is 14.8. The zero-order valence-electron chi connectivity index (χ0n) is 18.1. The van der Waals surface area contributed by atoms with Gasteiger partial charge in [-0.1, -0.05) is 35.9 Å². The summed E-state index contributed by atoms with van der Waals surface area (Å²) in [5, 5.41) is 5.56. The van der Waals surface area contributed by atoms with Crippen LogP contribution in [0.2, 0.25) is 0 Å². The lowest BCUT2D eigenvalue weighted by atomic mass is 10.1. The standard InChI is InChI=1S/C23H26N4O3S/c1-15-10-11-19(16(2)12-15)24-20(28)13-31-14-21(29)25-22-17(3)26(4)27(23(22)30)18-8-6-5-7-9-18/h5-12H,13-14H2,1-4H3,(H,24,28)(H,25,29). The van der Waals surface area contributed by atoms with E-state index in [1.54, 1.807) is 18.7 Å². The number of aryl methyl sites for hydroxylation is 2. The lowest BCUT2D eigenvalue weighted by Crippen LogP contribution is -2.24. The minimum Gasteiger partial charge on any atom is -0.325 e. The van der Waals surface area contributed by atoms with E-state index >= 15 is 0 Å². The van der Waals surface area contributed by atoms with Gasteiger partial charge in [-0.15, -0.1) is 11.8 Å². The second kappa shape index (κ2) is 9.70. The molecular formula is C23H26N4O3S. The highest BCUT2D eigenvalue weighted by Crippen LogP contribution is 2.17. The lowest BCUT2D eigenvalue weighted by Gasteiger charge is -2.09. The summed E-state index contributed by atoms with van der Waals surface area (Å²) >= 11 is 1.20. The monoisotopic (exact) mass is 438 g/mol. The van der Waals surface area contributed by atoms with Crippen LogP contribution in [0.25, 0.3) is 5.69 Å². The summed E-state index contributed by atoms with van der Waals surface area (Å²) in [4.78, 5) is 37.4. The van der Waals surface area contributed by atoms with Crippen molar-refractivity contribution in [1.29, 1.82) is 0 Å². The summed E-state index contributed by atoms with van der Waals surface area (Å²) in [5.41, 5.74) is 4.21. The van der Waals surface area contributed by atoms with Crippen LogP contribution in [0, 0.1) is 20.8 Å². The molecule has 3 aromatic rings. The van der Waals surface area contributed by atoms with Crippen molar-refractivity contribution in [2.75, 3.05) is 22.1 Å². The van der Waals surface area contributed by atoms with Crippen LogP contribution in [-0.2, 0) is 16.6 Å². The van der Waals surface area contributed by atoms with E-state index in [0.717, 1.165) is 22.5 Å². The van der Waals surface area contributed by atoms with Crippen LogP contribution < -0.4 is 16.2 Å². The molecule has 0 saturated carbocycles. The first-order valence-electron chi connectivity index (χ1n) is 9.86. The van der Waals surface area contributed by atoms with Crippen molar-refractivity contribution in [1.82, 2.24) is 9.36 Å². The van der Waals surface area contributed by atoms with Crippen LogP contribution >= 0.6 is 11.8 Å². The van der Waals surface area contributed by atoms with Crippen LogP contribution in [0.1, 0.15) is 16.8 Å². The van der Waals surface area contributed by atoms with E-state index in [2.05, 4.69) is 10.6 Å². The Morgan fingerprint density at radius 2 is 1.58 bits per heavy atom. The van der Waals surface area contributed by atoms with Crippen LogP contribution in [0.4, 0.5) is 11.4 Å². The normalized spacial score (nSPS) is 10.7. The maximum Gasteiger partial charge on any atom is 0.295 e. The highest BCUT2D eigenvalue weighted by Gasteiger charge is 2.18. The Labute approximate surface area is 185 Å². The first-order valence-corrected chi connectivity index (χ1v) is 11.0. The van der Waals surface area contributed by atoms with Crippen molar-refractivity contribution >= 4 is 35.0 Å². The molecule has 162 valence electrons. The van der Waals surface area contributed by atoms with Crippen LogP contribution in [-0.4, -0.2) is 32.7 Å². The number of para-hydroxylation sites is 1. The van der Waals surface area contributed by atoms with E-state index in [9.17, 15) is 14.4 Å². The predicted molar refractivity (Wildman–Crippen MR) is 126 cm³/mol. The maximum atomic E-state index is 12.8. The van der Waals surface area contributed by atoms with Gasteiger partial charge in [-0.05, 0) is 44.5 Å². The molecule has 1 aromatic heterocycles. The average molecular weight is 439 g/mol. The third-order valence-corrected chi connectivity index (χ3v) is 5.87. The summed E-state index contributed by atoms with van der Waals surface area (Å²) < 4.78 is 3.22. The minimum absolute atomic E-state index is 0.0689. The molecule has 0 aliphatic heterocycles. The minimum atomic E-state index is -0.324. The lowest BCUT2D eigenvalue weighted by molar-refractivity contribution is -0.114. The number of anilines is 2. The Kier molecular flexibility index (Phi) is 7.02. The van der Waals surface area contributed by atoms with Gasteiger partial charge in [0.25, 0.3) is 5.56 Å². The number of nitrogens with one attached hydrogen (secondary N) is 2. The third-order valence-electron chi connectivity index (χ3n) is 4.94. The molecule has 0 aliphatic carbocycles. The molecule has 8 heteroatoms. The third kappa shape index (κ3) is 5.27. The number of carbonyl (C=O) groups is 2. The number of thioether (sulfide) groups is 1. The van der Waals surface area contributed by atoms with Gasteiger partial charge in [0.1, 0.15) is 5.69 Å². The molecule has 1 heterocycles. The number of hydrogen-bond acceptors (Lipinski definition) is 4. The van der Waals surface area contributed by atoms with Crippen LogP contribution in [0.3, 0.4) is 0 Å². The Morgan fingerprint density at radius 3 is 2.23 bits per heavy atom. The summed E-state index contributed by atoms with van der Waals surface area (Å²) in [7, 11) is 1.77. The molecule has 0 unspecified atom stereocenters. The number of carbonyl (C=O) groups excluding carboxylic acids is 2. The van der Waals surface area contributed by atoms with Gasteiger partial charge in [0.05, 0.1) is 22.9 Å². The smallest absolute Gasteiger partial charge is 0.295 e. The van der Waals surface area contributed by atoms with Gasteiger partial charge >= 0.3 is 0 Å². The number of nitrogens with zero attached hydrogens (tertiary/aromatic N) is 2. The fourth-order valence-electron chi connectivity index (χ4n) is 3.26. The largest absolute Gasteiger partial charge is 0.325 e. The molecule has 3 rings (SSSR count). The molecule has 0 bridgehead atoms. The van der Waals surface area contributed by atoms with Gasteiger partial charge in [0.2, 0.25) is 11.8 Å². The van der Waals surface area contributed by atoms with Crippen LogP contribution in [0.5, 0.6) is 0 Å². The van der Waals surface area contributed by atoms with E-state index in [1.807, 2.05) is 62.4 Å². The fourth-order valence-corrected chi connectivity index (χ4v) is 3.88. The topological polar surface area (TPSA) is 85.1 Å². The second-order valence-electron chi connectivity index (χ2n) is 7.34. The van der Waals surface area contributed by atoms with Crippen molar-refractivity contribution in [2.24, 2.45) is 7.05 Å². The van der Waals surface area contributed by atoms with E-state index in [1.165, 1.54) is 16.4 Å². The van der Waals surface area contributed by atoms with E-state index < -0.39 is 0 Å². The Balaban J connectivity index is 1.58. The molecule has 0 spiro atoms.